The third-order valence-electron chi connectivity index (χ3n) is 3.16. The van der Waals surface area contributed by atoms with E-state index in [1.54, 1.807) is 30.3 Å². The highest BCUT2D eigenvalue weighted by Crippen LogP contribution is 2.29. The van der Waals surface area contributed by atoms with Gasteiger partial charge in [-0.15, -0.1) is 0 Å². The van der Waals surface area contributed by atoms with E-state index in [9.17, 15) is 9.59 Å². The van der Waals surface area contributed by atoms with Gasteiger partial charge >= 0.3 is 0 Å². The molecule has 0 aromatic heterocycles. The number of imide groups is 1. The number of hydrogen-bond acceptors (Lipinski definition) is 3. The van der Waals surface area contributed by atoms with Crippen LogP contribution < -0.4 is 10.6 Å². The van der Waals surface area contributed by atoms with Crippen molar-refractivity contribution in [2.24, 2.45) is 0 Å². The van der Waals surface area contributed by atoms with E-state index in [1.807, 2.05) is 18.2 Å². The van der Waals surface area contributed by atoms with Crippen LogP contribution in [0.4, 0.5) is 11.4 Å². The van der Waals surface area contributed by atoms with Gasteiger partial charge in [-0.05, 0) is 29.8 Å². The molecule has 0 fully saturated rings. The van der Waals surface area contributed by atoms with E-state index in [0.29, 0.717) is 16.9 Å². The lowest BCUT2D eigenvalue weighted by atomic mass is 10.1. The highest BCUT2D eigenvalue weighted by molar-refractivity contribution is 6.24. The van der Waals surface area contributed by atoms with Crippen LogP contribution in [0.5, 0.6) is 0 Å². The Morgan fingerprint density at radius 2 is 1.89 bits per heavy atom. The average Bonchev–Trinajstić information content (AvgIpc) is 2.74. The monoisotopic (exact) mass is 252 g/mol. The van der Waals surface area contributed by atoms with Crippen molar-refractivity contribution < 1.29 is 9.59 Å². The first-order valence-corrected chi connectivity index (χ1v) is 5.97. The van der Waals surface area contributed by atoms with Crippen LogP contribution in [-0.2, 0) is 11.2 Å². The fourth-order valence-electron chi connectivity index (χ4n) is 2.28. The van der Waals surface area contributed by atoms with E-state index in [-0.39, 0.29) is 18.2 Å². The predicted octanol–water partition coefficient (Wildman–Crippen LogP) is 2.00. The summed E-state index contributed by atoms with van der Waals surface area (Å²) in [5, 5.41) is 0. The molecule has 0 unspecified atom stereocenters. The number of hydrogen-bond donors (Lipinski definition) is 1. The third kappa shape index (κ3) is 1.87. The molecule has 3 rings (SSSR count). The number of anilines is 2. The molecule has 1 aliphatic heterocycles. The van der Waals surface area contributed by atoms with Crippen molar-refractivity contribution in [3.63, 3.8) is 0 Å². The summed E-state index contributed by atoms with van der Waals surface area (Å²) >= 11 is 0. The van der Waals surface area contributed by atoms with E-state index in [4.69, 9.17) is 5.73 Å². The summed E-state index contributed by atoms with van der Waals surface area (Å²) in [5.74, 6) is -0.532. The zero-order valence-electron chi connectivity index (χ0n) is 10.2. The number of carbonyl (C=O) groups is 2. The van der Waals surface area contributed by atoms with Gasteiger partial charge in [0, 0.05) is 11.3 Å². The van der Waals surface area contributed by atoms with Gasteiger partial charge in [-0.25, -0.2) is 4.90 Å². The summed E-state index contributed by atoms with van der Waals surface area (Å²) in [6.45, 7) is 0. The Morgan fingerprint density at radius 3 is 2.68 bits per heavy atom. The molecule has 0 aliphatic carbocycles. The Morgan fingerprint density at radius 1 is 1.11 bits per heavy atom. The van der Waals surface area contributed by atoms with E-state index in [1.165, 1.54) is 4.90 Å². The minimum absolute atomic E-state index is 0.200. The summed E-state index contributed by atoms with van der Waals surface area (Å²) in [6, 6.07) is 14.0. The molecule has 0 atom stereocenters. The van der Waals surface area contributed by atoms with Crippen molar-refractivity contribution in [3.05, 3.63) is 59.7 Å². The number of fused-ring (bicyclic) bond motifs is 1. The lowest BCUT2D eigenvalue weighted by Gasteiger charge is -2.15. The van der Waals surface area contributed by atoms with Gasteiger partial charge in [0.05, 0.1) is 12.1 Å². The second kappa shape index (κ2) is 4.24. The molecular weight excluding hydrogens is 240 g/mol. The maximum Gasteiger partial charge on any atom is 0.265 e. The SMILES string of the molecule is Nc1cccc(C(=O)N2C(=O)Cc3ccccc32)c1. The molecule has 1 aliphatic rings. The third-order valence-corrected chi connectivity index (χ3v) is 3.16. The quantitative estimate of drug-likeness (QED) is 0.623. The Labute approximate surface area is 110 Å². The minimum Gasteiger partial charge on any atom is -0.399 e. The molecule has 0 spiro atoms. The molecule has 2 aromatic rings. The summed E-state index contributed by atoms with van der Waals surface area (Å²) in [4.78, 5) is 25.7. The smallest absolute Gasteiger partial charge is 0.265 e. The summed E-state index contributed by atoms with van der Waals surface area (Å²) < 4.78 is 0. The normalized spacial score (nSPS) is 13.5. The molecule has 94 valence electrons. The molecule has 0 radical (unpaired) electrons. The molecular formula is C15H12N2O2. The maximum atomic E-state index is 12.4. The average molecular weight is 252 g/mol. The zero-order valence-corrected chi connectivity index (χ0v) is 10.2. The first-order chi connectivity index (χ1) is 9.16. The Bertz CT molecular complexity index is 679. The summed E-state index contributed by atoms with van der Waals surface area (Å²) in [5.41, 5.74) is 8.14. The van der Waals surface area contributed by atoms with Gasteiger partial charge in [-0.2, -0.15) is 0 Å². The van der Waals surface area contributed by atoms with Crippen molar-refractivity contribution >= 4 is 23.2 Å². The predicted molar refractivity (Wildman–Crippen MR) is 72.8 cm³/mol. The van der Waals surface area contributed by atoms with Gasteiger partial charge in [0.15, 0.2) is 0 Å². The van der Waals surface area contributed by atoms with Gasteiger partial charge in [0.25, 0.3) is 5.91 Å². The van der Waals surface area contributed by atoms with Crippen molar-refractivity contribution in [1.29, 1.82) is 0 Å². The fourth-order valence-corrected chi connectivity index (χ4v) is 2.28. The van der Waals surface area contributed by atoms with Crippen LogP contribution in [0, 0.1) is 0 Å². The standard InChI is InChI=1S/C15H12N2O2/c16-12-6-3-5-11(8-12)15(19)17-13-7-2-1-4-10(13)9-14(17)18/h1-8H,9,16H2. The molecule has 0 saturated carbocycles. The number of rotatable bonds is 1. The highest BCUT2D eigenvalue weighted by Gasteiger charge is 2.32. The van der Waals surface area contributed by atoms with E-state index in [2.05, 4.69) is 0 Å². The topological polar surface area (TPSA) is 63.4 Å². The molecule has 4 heteroatoms. The molecule has 4 nitrogen and oxygen atoms in total. The first-order valence-electron chi connectivity index (χ1n) is 5.97. The Hall–Kier alpha value is -2.62. The van der Waals surface area contributed by atoms with Crippen molar-refractivity contribution in [2.75, 3.05) is 10.6 Å². The lowest BCUT2D eigenvalue weighted by molar-refractivity contribution is -0.116. The van der Waals surface area contributed by atoms with Gasteiger partial charge in [-0.1, -0.05) is 24.3 Å². The summed E-state index contributed by atoms with van der Waals surface area (Å²) in [7, 11) is 0. The van der Waals surface area contributed by atoms with E-state index >= 15 is 0 Å². The summed E-state index contributed by atoms with van der Waals surface area (Å²) in [6.07, 6.45) is 0.268. The Balaban J connectivity index is 2.03. The molecule has 2 aromatic carbocycles. The maximum absolute atomic E-state index is 12.4. The second-order valence-electron chi connectivity index (χ2n) is 4.47. The molecule has 19 heavy (non-hydrogen) atoms. The van der Waals surface area contributed by atoms with Crippen LogP contribution in [0.25, 0.3) is 0 Å². The number of amides is 2. The van der Waals surface area contributed by atoms with Crippen LogP contribution in [0.2, 0.25) is 0 Å². The fraction of sp³-hybridized carbons (Fsp3) is 0.0667. The van der Waals surface area contributed by atoms with Gasteiger partial charge in [0.2, 0.25) is 5.91 Å². The second-order valence-corrected chi connectivity index (χ2v) is 4.47. The number of carbonyl (C=O) groups excluding carboxylic acids is 2. The van der Waals surface area contributed by atoms with Crippen LogP contribution >= 0.6 is 0 Å². The molecule has 1 heterocycles. The molecule has 0 saturated heterocycles. The highest BCUT2D eigenvalue weighted by atomic mass is 16.2. The van der Waals surface area contributed by atoms with Crippen LogP contribution in [0.1, 0.15) is 15.9 Å². The number of benzene rings is 2. The number of nitrogen functional groups attached to an aromatic ring is 1. The van der Waals surface area contributed by atoms with Crippen molar-refractivity contribution in [2.45, 2.75) is 6.42 Å². The van der Waals surface area contributed by atoms with Gasteiger partial charge in [0.1, 0.15) is 0 Å². The van der Waals surface area contributed by atoms with Crippen molar-refractivity contribution in [1.82, 2.24) is 0 Å². The van der Waals surface area contributed by atoms with E-state index < -0.39 is 0 Å². The molecule has 2 N–H and O–H groups in total. The number of para-hydroxylation sites is 1. The Kier molecular flexibility index (Phi) is 2.56. The molecule has 0 bridgehead atoms. The van der Waals surface area contributed by atoms with Gasteiger partial charge < -0.3 is 5.73 Å². The number of nitrogens with two attached hydrogens (primary N) is 1. The van der Waals surface area contributed by atoms with Crippen LogP contribution in [0.3, 0.4) is 0 Å². The zero-order chi connectivity index (χ0) is 13.4. The van der Waals surface area contributed by atoms with Crippen molar-refractivity contribution in [3.8, 4) is 0 Å². The number of nitrogens with zero attached hydrogens (tertiary/aromatic N) is 1. The lowest BCUT2D eigenvalue weighted by Crippen LogP contribution is -2.33. The van der Waals surface area contributed by atoms with Gasteiger partial charge in [-0.3, -0.25) is 9.59 Å². The minimum atomic E-state index is -0.331. The molecule has 2 amide bonds. The van der Waals surface area contributed by atoms with Crippen LogP contribution in [0.15, 0.2) is 48.5 Å². The largest absolute Gasteiger partial charge is 0.399 e. The first kappa shape index (κ1) is 11.5. The van der Waals surface area contributed by atoms with E-state index in [0.717, 1.165) is 5.56 Å². The van der Waals surface area contributed by atoms with Crippen LogP contribution in [-0.4, -0.2) is 11.8 Å².